The summed E-state index contributed by atoms with van der Waals surface area (Å²) in [5, 5.41) is 10.0. The maximum atomic E-state index is 4.55. The van der Waals surface area contributed by atoms with Gasteiger partial charge in [0.25, 0.3) is 0 Å². The lowest BCUT2D eigenvalue weighted by atomic mass is 10.0. The van der Waals surface area contributed by atoms with Crippen molar-refractivity contribution in [2.45, 2.75) is 0 Å². The minimum Gasteiger partial charge on any atom is -0.308 e. The predicted octanol–water partition coefficient (Wildman–Crippen LogP) is 7.60. The van der Waals surface area contributed by atoms with Crippen LogP contribution < -0.4 is 0 Å². The zero-order chi connectivity index (χ0) is 21.5. The van der Waals surface area contributed by atoms with E-state index in [9.17, 15) is 0 Å². The van der Waals surface area contributed by atoms with E-state index in [1.165, 1.54) is 59.6 Å². The molecule has 0 spiro atoms. The molecule has 0 atom stereocenters. The summed E-state index contributed by atoms with van der Waals surface area (Å²) in [7, 11) is 0. The standard InChI is InChI=1S/C30H17N3/c1-3-8-20-16-27-23(12-18(20)6-1)25-14-22(30-31-10-5-11-32-30)15-26-24-13-19-7-2-4-9-21(19)17-28(24)33(27)29(25)26/h1-17H. The van der Waals surface area contributed by atoms with Crippen LogP contribution in [0, 0.1) is 0 Å². The van der Waals surface area contributed by atoms with E-state index >= 15 is 0 Å². The Morgan fingerprint density at radius 1 is 0.485 bits per heavy atom. The summed E-state index contributed by atoms with van der Waals surface area (Å²) in [5.74, 6) is 0.756. The summed E-state index contributed by atoms with van der Waals surface area (Å²) in [6, 6.07) is 32.9. The third-order valence-corrected chi connectivity index (χ3v) is 6.95. The molecule has 5 aromatic carbocycles. The van der Waals surface area contributed by atoms with Crippen molar-refractivity contribution < 1.29 is 0 Å². The second-order valence-corrected chi connectivity index (χ2v) is 8.76. The molecule has 0 radical (unpaired) electrons. The second kappa shape index (κ2) is 6.05. The minimum atomic E-state index is 0.756. The van der Waals surface area contributed by atoms with Gasteiger partial charge in [-0.25, -0.2) is 9.97 Å². The van der Waals surface area contributed by atoms with Crippen molar-refractivity contribution in [2.75, 3.05) is 0 Å². The van der Waals surface area contributed by atoms with Crippen LogP contribution >= 0.6 is 0 Å². The van der Waals surface area contributed by atoms with Gasteiger partial charge in [-0.3, -0.25) is 0 Å². The molecule has 0 saturated carbocycles. The van der Waals surface area contributed by atoms with E-state index in [2.05, 4.69) is 99.3 Å². The van der Waals surface area contributed by atoms with Crippen molar-refractivity contribution in [1.82, 2.24) is 14.4 Å². The summed E-state index contributed by atoms with van der Waals surface area (Å²) in [4.78, 5) is 9.10. The van der Waals surface area contributed by atoms with Gasteiger partial charge >= 0.3 is 0 Å². The molecule has 0 amide bonds. The molecule has 0 aliphatic heterocycles. The zero-order valence-electron chi connectivity index (χ0n) is 17.7. The Hall–Kier alpha value is -4.50. The number of fused-ring (bicyclic) bond motifs is 8. The van der Waals surface area contributed by atoms with Crippen LogP contribution in [0.2, 0.25) is 0 Å². The Labute approximate surface area is 188 Å². The van der Waals surface area contributed by atoms with E-state index < -0.39 is 0 Å². The monoisotopic (exact) mass is 419 g/mol. The molecular formula is C30H17N3. The zero-order valence-corrected chi connectivity index (χ0v) is 17.7. The molecule has 0 N–H and O–H groups in total. The van der Waals surface area contributed by atoms with Crippen LogP contribution in [0.15, 0.2) is 103 Å². The molecule has 8 rings (SSSR count). The summed E-state index contributed by atoms with van der Waals surface area (Å²) in [6.07, 6.45) is 3.62. The van der Waals surface area contributed by atoms with Gasteiger partial charge in [-0.15, -0.1) is 0 Å². The Morgan fingerprint density at radius 2 is 0.970 bits per heavy atom. The molecule has 0 bridgehead atoms. The number of rotatable bonds is 1. The Morgan fingerprint density at radius 3 is 1.48 bits per heavy atom. The van der Waals surface area contributed by atoms with Crippen LogP contribution in [0.3, 0.4) is 0 Å². The third-order valence-electron chi connectivity index (χ3n) is 6.95. The smallest absolute Gasteiger partial charge is 0.159 e. The molecule has 0 saturated heterocycles. The molecule has 0 unspecified atom stereocenters. The second-order valence-electron chi connectivity index (χ2n) is 8.76. The Balaban J connectivity index is 1.66. The lowest BCUT2D eigenvalue weighted by Gasteiger charge is -2.04. The van der Waals surface area contributed by atoms with Gasteiger partial charge in [0.1, 0.15) is 0 Å². The number of benzene rings is 5. The van der Waals surface area contributed by atoms with E-state index in [0.717, 1.165) is 11.4 Å². The van der Waals surface area contributed by atoms with E-state index in [4.69, 9.17) is 0 Å². The molecule has 3 nitrogen and oxygen atoms in total. The van der Waals surface area contributed by atoms with Crippen molar-refractivity contribution in [3.8, 4) is 11.4 Å². The number of nitrogens with zero attached hydrogens (tertiary/aromatic N) is 3. The van der Waals surface area contributed by atoms with Gasteiger partial charge < -0.3 is 4.40 Å². The van der Waals surface area contributed by atoms with Crippen LogP contribution in [-0.4, -0.2) is 14.4 Å². The number of hydrogen-bond acceptors (Lipinski definition) is 2. The first-order valence-corrected chi connectivity index (χ1v) is 11.2. The van der Waals surface area contributed by atoms with Crippen LogP contribution in [0.4, 0.5) is 0 Å². The fourth-order valence-corrected chi connectivity index (χ4v) is 5.49. The molecule has 3 heterocycles. The summed E-state index contributed by atoms with van der Waals surface area (Å²) < 4.78 is 2.45. The lowest BCUT2D eigenvalue weighted by Crippen LogP contribution is -1.86. The number of aromatic nitrogens is 3. The largest absolute Gasteiger partial charge is 0.308 e. The fraction of sp³-hybridized carbons (Fsp3) is 0. The third kappa shape index (κ3) is 2.23. The molecule has 0 aliphatic rings. The van der Waals surface area contributed by atoms with E-state index in [0.29, 0.717) is 0 Å². The van der Waals surface area contributed by atoms with Crippen molar-refractivity contribution in [1.29, 1.82) is 0 Å². The normalized spacial score (nSPS) is 12.2. The highest BCUT2D eigenvalue weighted by atomic mass is 14.9. The number of hydrogen-bond donors (Lipinski definition) is 0. The molecular weight excluding hydrogens is 402 g/mol. The molecule has 3 aromatic heterocycles. The van der Waals surface area contributed by atoms with Gasteiger partial charge in [-0.1, -0.05) is 48.5 Å². The first kappa shape index (κ1) is 17.1. The van der Waals surface area contributed by atoms with E-state index in [1.807, 2.05) is 18.5 Å². The Kier molecular flexibility index (Phi) is 3.14. The molecule has 33 heavy (non-hydrogen) atoms. The van der Waals surface area contributed by atoms with Gasteiger partial charge in [-0.05, 0) is 64.0 Å². The quantitative estimate of drug-likeness (QED) is 0.274. The average Bonchev–Trinajstić information content (AvgIpc) is 3.37. The summed E-state index contributed by atoms with van der Waals surface area (Å²) >= 11 is 0. The van der Waals surface area contributed by atoms with Gasteiger partial charge in [0, 0.05) is 39.5 Å². The van der Waals surface area contributed by atoms with Crippen molar-refractivity contribution in [3.05, 3.63) is 103 Å². The SMILES string of the molecule is c1cnc(-c2cc3c4cc5ccccc5cc4n4c5cc6ccccc6cc5c(c2)c34)nc1. The highest BCUT2D eigenvalue weighted by molar-refractivity contribution is 6.26. The van der Waals surface area contributed by atoms with Gasteiger partial charge in [0.05, 0.1) is 16.6 Å². The minimum absolute atomic E-state index is 0.756. The van der Waals surface area contributed by atoms with Crippen LogP contribution in [0.1, 0.15) is 0 Å². The molecule has 0 aliphatic carbocycles. The molecule has 152 valence electrons. The van der Waals surface area contributed by atoms with Crippen molar-refractivity contribution in [3.63, 3.8) is 0 Å². The highest BCUT2D eigenvalue weighted by Crippen LogP contribution is 2.43. The van der Waals surface area contributed by atoms with Crippen LogP contribution in [0.5, 0.6) is 0 Å². The van der Waals surface area contributed by atoms with E-state index in [-0.39, 0.29) is 0 Å². The Bertz CT molecular complexity index is 1890. The maximum absolute atomic E-state index is 4.55. The predicted molar refractivity (Wildman–Crippen MR) is 137 cm³/mol. The first-order chi connectivity index (χ1) is 16.3. The molecule has 8 aromatic rings. The lowest BCUT2D eigenvalue weighted by molar-refractivity contribution is 1.18. The first-order valence-electron chi connectivity index (χ1n) is 11.2. The van der Waals surface area contributed by atoms with E-state index in [1.54, 1.807) is 0 Å². The van der Waals surface area contributed by atoms with Crippen LogP contribution in [-0.2, 0) is 0 Å². The van der Waals surface area contributed by atoms with Gasteiger partial charge in [0.2, 0.25) is 0 Å². The summed E-state index contributed by atoms with van der Waals surface area (Å²) in [6.45, 7) is 0. The molecule has 0 fully saturated rings. The van der Waals surface area contributed by atoms with Gasteiger partial charge in [0.15, 0.2) is 5.82 Å². The fourth-order valence-electron chi connectivity index (χ4n) is 5.49. The maximum Gasteiger partial charge on any atom is 0.159 e. The van der Waals surface area contributed by atoms with Gasteiger partial charge in [-0.2, -0.15) is 0 Å². The highest BCUT2D eigenvalue weighted by Gasteiger charge is 2.20. The topological polar surface area (TPSA) is 30.2 Å². The molecule has 3 heteroatoms. The van der Waals surface area contributed by atoms with Crippen molar-refractivity contribution in [2.24, 2.45) is 0 Å². The summed E-state index contributed by atoms with van der Waals surface area (Å²) in [5.41, 5.74) is 4.80. The van der Waals surface area contributed by atoms with Crippen LogP contribution in [0.25, 0.3) is 71.0 Å². The van der Waals surface area contributed by atoms with Crippen molar-refractivity contribution >= 4 is 59.6 Å². The average molecular weight is 419 g/mol.